The molecule has 0 amide bonds. The van der Waals surface area contributed by atoms with Gasteiger partial charge in [-0.1, -0.05) is 36.9 Å². The van der Waals surface area contributed by atoms with E-state index in [9.17, 15) is 0 Å². The lowest BCUT2D eigenvalue weighted by molar-refractivity contribution is 0.676. The molecule has 1 aromatic carbocycles. The van der Waals surface area contributed by atoms with Gasteiger partial charge in [0.15, 0.2) is 23.0 Å². The van der Waals surface area contributed by atoms with E-state index in [1.807, 2.05) is 41.2 Å². The van der Waals surface area contributed by atoms with Crippen molar-refractivity contribution < 1.29 is 3.07 Å². The summed E-state index contributed by atoms with van der Waals surface area (Å²) in [4.78, 5) is 0. The average molecular weight is 352 g/mol. The molecular formula is C14H13IN2O. The first kappa shape index (κ1) is 12.9. The molecule has 1 aromatic heterocycles. The number of rotatable bonds is 4. The van der Waals surface area contributed by atoms with E-state index in [4.69, 9.17) is 3.07 Å². The quantitative estimate of drug-likeness (QED) is 0.658. The van der Waals surface area contributed by atoms with Crippen molar-refractivity contribution in [2.24, 2.45) is 0 Å². The SMILES string of the molecule is C=C/C=C\c1cc(-c2cc(OI)n[nH]2)ccc1C. The molecular weight excluding hydrogens is 339 g/mol. The minimum absolute atomic E-state index is 0.578. The average Bonchev–Trinajstić information content (AvgIpc) is 2.86. The predicted molar refractivity (Wildman–Crippen MR) is 82.6 cm³/mol. The van der Waals surface area contributed by atoms with Gasteiger partial charge in [0.25, 0.3) is 0 Å². The molecule has 0 aliphatic rings. The molecule has 0 bridgehead atoms. The molecule has 1 heterocycles. The van der Waals surface area contributed by atoms with Crippen molar-refractivity contribution in [3.05, 3.63) is 54.1 Å². The maximum Gasteiger partial charge on any atom is 0.243 e. The van der Waals surface area contributed by atoms with Crippen LogP contribution in [0.15, 0.2) is 43.0 Å². The number of nitrogens with one attached hydrogen (secondary N) is 1. The van der Waals surface area contributed by atoms with Crippen molar-refractivity contribution >= 4 is 29.1 Å². The fourth-order valence-electron chi connectivity index (χ4n) is 1.65. The highest BCUT2D eigenvalue weighted by atomic mass is 127. The molecule has 3 nitrogen and oxygen atoms in total. The molecule has 0 saturated carbocycles. The maximum atomic E-state index is 5.04. The zero-order valence-corrected chi connectivity index (χ0v) is 12.1. The minimum Gasteiger partial charge on any atom is -0.407 e. The van der Waals surface area contributed by atoms with Gasteiger partial charge in [0.05, 0.1) is 5.69 Å². The van der Waals surface area contributed by atoms with E-state index in [0.717, 1.165) is 11.3 Å². The van der Waals surface area contributed by atoms with Crippen LogP contribution in [0.5, 0.6) is 5.88 Å². The molecule has 0 aliphatic heterocycles. The molecule has 2 aromatic rings. The number of allylic oxidation sites excluding steroid dienone is 2. The second-order valence-corrected chi connectivity index (χ2v) is 4.30. The first-order valence-electron chi connectivity index (χ1n) is 5.48. The highest BCUT2D eigenvalue weighted by Gasteiger charge is 2.05. The molecule has 1 N–H and O–H groups in total. The number of nitrogens with zero attached hydrogens (tertiary/aromatic N) is 1. The summed E-state index contributed by atoms with van der Waals surface area (Å²) in [6.07, 6.45) is 5.74. The second kappa shape index (κ2) is 5.86. The monoisotopic (exact) mass is 352 g/mol. The van der Waals surface area contributed by atoms with Crippen LogP contribution in [0.3, 0.4) is 0 Å². The van der Waals surface area contributed by atoms with Gasteiger partial charge in [-0.15, -0.1) is 5.10 Å². The Morgan fingerprint density at radius 2 is 2.22 bits per heavy atom. The smallest absolute Gasteiger partial charge is 0.243 e. The topological polar surface area (TPSA) is 37.9 Å². The van der Waals surface area contributed by atoms with Gasteiger partial charge >= 0.3 is 0 Å². The largest absolute Gasteiger partial charge is 0.407 e. The molecule has 18 heavy (non-hydrogen) atoms. The summed E-state index contributed by atoms with van der Waals surface area (Å²) < 4.78 is 5.04. The van der Waals surface area contributed by atoms with Crippen LogP contribution in [0.25, 0.3) is 17.3 Å². The van der Waals surface area contributed by atoms with Gasteiger partial charge < -0.3 is 3.07 Å². The van der Waals surface area contributed by atoms with Crippen LogP contribution in [0.1, 0.15) is 11.1 Å². The Kier molecular flexibility index (Phi) is 4.19. The van der Waals surface area contributed by atoms with Crippen LogP contribution < -0.4 is 3.07 Å². The zero-order chi connectivity index (χ0) is 13.0. The van der Waals surface area contributed by atoms with E-state index in [1.54, 1.807) is 6.08 Å². The number of H-pyrrole nitrogens is 1. The number of benzene rings is 1. The number of halogens is 1. The fourth-order valence-corrected chi connectivity index (χ4v) is 1.88. The predicted octanol–water partition coefficient (Wildman–Crippen LogP) is 4.31. The summed E-state index contributed by atoms with van der Waals surface area (Å²) in [6.45, 7) is 5.76. The molecule has 0 spiro atoms. The maximum absolute atomic E-state index is 5.04. The molecule has 4 heteroatoms. The van der Waals surface area contributed by atoms with Crippen molar-refractivity contribution in [1.82, 2.24) is 10.2 Å². The van der Waals surface area contributed by atoms with Crippen molar-refractivity contribution in [2.45, 2.75) is 6.92 Å². The number of hydrogen-bond donors (Lipinski definition) is 1. The molecule has 0 aliphatic carbocycles. The summed E-state index contributed by atoms with van der Waals surface area (Å²) in [5, 5.41) is 6.99. The number of hydrogen-bond acceptors (Lipinski definition) is 2. The number of aryl methyl sites for hydroxylation is 1. The van der Waals surface area contributed by atoms with Gasteiger partial charge in [0.1, 0.15) is 0 Å². The number of aromatic amines is 1. The van der Waals surface area contributed by atoms with Gasteiger partial charge in [-0.2, -0.15) is 0 Å². The van der Waals surface area contributed by atoms with Gasteiger partial charge in [-0.25, -0.2) is 0 Å². The summed E-state index contributed by atoms with van der Waals surface area (Å²) >= 11 is 1.81. The van der Waals surface area contributed by atoms with Crippen LogP contribution in [0.2, 0.25) is 0 Å². The molecule has 2 rings (SSSR count). The van der Waals surface area contributed by atoms with Gasteiger partial charge in [-0.05, 0) is 24.1 Å². The summed E-state index contributed by atoms with van der Waals surface area (Å²) in [6, 6.07) is 8.13. The zero-order valence-electron chi connectivity index (χ0n) is 9.98. The van der Waals surface area contributed by atoms with Crippen molar-refractivity contribution in [3.8, 4) is 17.1 Å². The molecule has 0 radical (unpaired) electrons. The van der Waals surface area contributed by atoms with Gasteiger partial charge in [0, 0.05) is 11.6 Å². The van der Waals surface area contributed by atoms with E-state index in [1.165, 1.54) is 11.1 Å². The van der Waals surface area contributed by atoms with E-state index in [2.05, 4.69) is 41.9 Å². The number of aromatic nitrogens is 2. The van der Waals surface area contributed by atoms with Gasteiger partial charge in [-0.3, -0.25) is 5.10 Å². The normalized spacial score (nSPS) is 10.8. The van der Waals surface area contributed by atoms with Crippen molar-refractivity contribution in [1.29, 1.82) is 0 Å². The summed E-state index contributed by atoms with van der Waals surface area (Å²) in [7, 11) is 0. The Bertz CT molecular complexity index is 587. The molecule has 0 fully saturated rings. The Morgan fingerprint density at radius 1 is 1.39 bits per heavy atom. The van der Waals surface area contributed by atoms with E-state index in [-0.39, 0.29) is 0 Å². The first-order chi connectivity index (χ1) is 8.74. The summed E-state index contributed by atoms with van der Waals surface area (Å²) in [5.41, 5.74) is 4.41. The highest BCUT2D eigenvalue weighted by Crippen LogP contribution is 2.24. The lowest BCUT2D eigenvalue weighted by Gasteiger charge is -2.03. The Hall–Kier alpha value is -1.56. The lowest BCUT2D eigenvalue weighted by Crippen LogP contribution is -1.84. The van der Waals surface area contributed by atoms with E-state index >= 15 is 0 Å². The minimum atomic E-state index is 0.578. The molecule has 92 valence electrons. The third-order valence-corrected chi connectivity index (χ3v) is 3.09. The standard InChI is InChI=1S/C14H13IN2O/c1-3-4-5-11-8-12(7-6-10(11)2)13-9-14(18-15)17-16-13/h3-9H,1H2,2H3,(H,16,17)/b5-4-. The van der Waals surface area contributed by atoms with Crippen LogP contribution >= 0.6 is 23.0 Å². The van der Waals surface area contributed by atoms with Crippen LogP contribution in [0.4, 0.5) is 0 Å². The highest BCUT2D eigenvalue weighted by molar-refractivity contribution is 14.1. The van der Waals surface area contributed by atoms with Gasteiger partial charge in [0.2, 0.25) is 5.88 Å². The van der Waals surface area contributed by atoms with Crippen LogP contribution in [0, 0.1) is 6.92 Å². The third kappa shape index (κ3) is 2.81. The summed E-state index contributed by atoms with van der Waals surface area (Å²) in [5.74, 6) is 0.578. The molecule has 0 atom stereocenters. The second-order valence-electron chi connectivity index (χ2n) is 3.86. The fraction of sp³-hybridized carbons (Fsp3) is 0.0714. The Balaban J connectivity index is 2.39. The Labute approximate surface area is 120 Å². The molecule has 0 saturated heterocycles. The van der Waals surface area contributed by atoms with Crippen LogP contribution in [-0.4, -0.2) is 10.2 Å². The van der Waals surface area contributed by atoms with Crippen molar-refractivity contribution in [2.75, 3.05) is 0 Å². The van der Waals surface area contributed by atoms with E-state index in [0.29, 0.717) is 5.88 Å². The first-order valence-corrected chi connectivity index (χ1v) is 6.37. The third-order valence-electron chi connectivity index (χ3n) is 2.64. The molecule has 0 unspecified atom stereocenters. The van der Waals surface area contributed by atoms with E-state index < -0.39 is 0 Å². The van der Waals surface area contributed by atoms with Crippen molar-refractivity contribution in [3.63, 3.8) is 0 Å². The van der Waals surface area contributed by atoms with Crippen LogP contribution in [-0.2, 0) is 0 Å². The Morgan fingerprint density at radius 3 is 2.89 bits per heavy atom. The lowest BCUT2D eigenvalue weighted by atomic mass is 10.0.